The Balaban J connectivity index is 0. The van der Waals surface area contributed by atoms with E-state index >= 15 is 0 Å². The number of methoxy groups -OCH3 is 2. The number of ether oxygens (including phenoxy) is 2. The molecule has 0 aromatic carbocycles. The third kappa shape index (κ3) is 9.19. The fourth-order valence-electron chi connectivity index (χ4n) is 5.31. The van der Waals surface area contributed by atoms with Crippen LogP contribution in [0.5, 0.6) is 0 Å². The van der Waals surface area contributed by atoms with Crippen LogP contribution in [0.15, 0.2) is 24.3 Å². The number of aliphatic carboxylic acids is 2. The number of hydrogen-bond acceptors (Lipinski definition) is 10. The van der Waals surface area contributed by atoms with Gasteiger partial charge in [-0.15, -0.1) is 0 Å². The average Bonchev–Trinajstić information content (AvgIpc) is 2.91. The fourth-order valence-corrected chi connectivity index (χ4v) is 7.91. The van der Waals surface area contributed by atoms with Gasteiger partial charge < -0.3 is 38.1 Å². The van der Waals surface area contributed by atoms with Crippen molar-refractivity contribution in [3.05, 3.63) is 24.3 Å². The minimum Gasteiger partial charge on any atom is -0.550 e. The summed E-state index contributed by atoms with van der Waals surface area (Å²) in [7, 11) is -1.90. The van der Waals surface area contributed by atoms with Crippen LogP contribution in [0.2, 0.25) is 36.3 Å². The number of esters is 2. The first-order chi connectivity index (χ1) is 20.5. The van der Waals surface area contributed by atoms with Crippen LogP contribution in [0, 0.1) is 21.7 Å². The van der Waals surface area contributed by atoms with Crippen LogP contribution < -0.4 is 69.3 Å². The van der Waals surface area contributed by atoms with E-state index in [1.165, 1.54) is 28.1 Å². The van der Waals surface area contributed by atoms with E-state index in [0.29, 0.717) is 0 Å². The molecule has 0 bridgehead atoms. The molecule has 2 aliphatic carbocycles. The molecule has 14 heteroatoms. The van der Waals surface area contributed by atoms with Gasteiger partial charge in [-0.25, -0.2) is 0 Å². The summed E-state index contributed by atoms with van der Waals surface area (Å²) in [5, 5.41) is 23.7. The molecule has 0 saturated carbocycles. The zero-order valence-corrected chi connectivity index (χ0v) is 39.0. The molecule has 2 aliphatic rings. The number of carbonyl (C=O) groups is 4. The quantitative estimate of drug-likeness (QED) is 0.165. The van der Waals surface area contributed by atoms with Gasteiger partial charge in [0.15, 0.2) is 16.6 Å². The smallest absolute Gasteiger partial charge is 0.550 e. The molecule has 0 amide bonds. The Bertz CT molecular complexity index is 1240. The summed E-state index contributed by atoms with van der Waals surface area (Å²) in [5.74, 6) is -3.70. The molecule has 0 N–H and O–H groups in total. The summed E-state index contributed by atoms with van der Waals surface area (Å²) in [5.41, 5.74) is -5.46. The number of carbonyl (C=O) groups excluding carboxylic acids is 4. The summed E-state index contributed by atoms with van der Waals surface area (Å²) in [4.78, 5) is 48.7. The average molecular weight is 729 g/mol. The predicted octanol–water partition coefficient (Wildman–Crippen LogP) is -1.45. The van der Waals surface area contributed by atoms with Gasteiger partial charge in [-0.2, -0.15) is 0 Å². The van der Waals surface area contributed by atoms with E-state index in [2.05, 4.69) is 67.7 Å². The van der Waals surface area contributed by atoms with Crippen molar-refractivity contribution in [2.45, 2.75) is 131 Å². The van der Waals surface area contributed by atoms with Crippen LogP contribution in [0.3, 0.4) is 0 Å². The number of allylic oxidation sites excluding steroid dienone is 2. The Morgan fingerprint density at radius 3 is 1.25 bits per heavy atom. The van der Waals surface area contributed by atoms with Crippen LogP contribution in [-0.4, -0.2) is 66.9 Å². The number of hydrogen-bond donors (Lipinski definition) is 0. The minimum atomic E-state index is -2.23. The van der Waals surface area contributed by atoms with Crippen molar-refractivity contribution in [2.24, 2.45) is 21.7 Å². The molecule has 2 rings (SSSR count). The van der Waals surface area contributed by atoms with Crippen molar-refractivity contribution in [2.75, 3.05) is 14.2 Å². The largest absolute Gasteiger partial charge is 1.00 e. The molecule has 0 radical (unpaired) electrons. The van der Waals surface area contributed by atoms with E-state index in [-0.39, 0.29) is 82.0 Å². The Morgan fingerprint density at radius 1 is 0.625 bits per heavy atom. The first kappa shape index (κ1) is 49.8. The van der Waals surface area contributed by atoms with Crippen molar-refractivity contribution in [3.63, 3.8) is 0 Å². The SMILES string of the molecule is COC(=O)[C@@]1(C)CC=C[C@@H](O[Si](C)(C)C(C)(C)C)[C@@]1(C)C(=O)[O-].COC(=O)[C@]1(C)[C@H](O[Si](C)(C)C(C)(C)C)C=CC[C@]1(C)C(=O)[O-].[Na+].[Na+]. The molecule has 0 aliphatic heterocycles. The van der Waals surface area contributed by atoms with Gasteiger partial charge in [0, 0.05) is 11.4 Å². The molecular weight excluding hydrogens is 671 g/mol. The van der Waals surface area contributed by atoms with Gasteiger partial charge in [-0.05, 0) is 63.0 Å². The second-order valence-electron chi connectivity index (χ2n) is 16.5. The monoisotopic (exact) mass is 728 g/mol. The Kier molecular flexibility index (Phi) is 17.7. The van der Waals surface area contributed by atoms with Crippen molar-refractivity contribution >= 4 is 40.5 Å². The molecule has 0 aromatic rings. The Labute approximate surface area is 335 Å². The Morgan fingerprint density at radius 2 is 0.958 bits per heavy atom. The zero-order chi connectivity index (χ0) is 36.5. The zero-order valence-electron chi connectivity index (χ0n) is 33.0. The molecule has 0 aromatic heterocycles. The molecule has 0 fully saturated rings. The normalized spacial score (nSPS) is 30.4. The van der Waals surface area contributed by atoms with Gasteiger partial charge in [0.2, 0.25) is 0 Å². The van der Waals surface area contributed by atoms with E-state index in [1.807, 2.05) is 0 Å². The predicted molar refractivity (Wildman–Crippen MR) is 178 cm³/mol. The van der Waals surface area contributed by atoms with E-state index < -0.39 is 74.4 Å². The number of carboxylic acid groups (broad SMARTS) is 2. The van der Waals surface area contributed by atoms with Crippen LogP contribution in [0.25, 0.3) is 0 Å². The van der Waals surface area contributed by atoms with E-state index in [1.54, 1.807) is 38.2 Å². The first-order valence-corrected chi connectivity index (χ1v) is 21.6. The maximum atomic E-state index is 12.5. The molecule has 264 valence electrons. The summed E-state index contributed by atoms with van der Waals surface area (Å²) in [6, 6.07) is 0. The molecule has 0 heterocycles. The summed E-state index contributed by atoms with van der Waals surface area (Å²) < 4.78 is 22.5. The van der Waals surface area contributed by atoms with Gasteiger partial charge >= 0.3 is 71.1 Å². The summed E-state index contributed by atoms with van der Waals surface area (Å²) >= 11 is 0. The Hall–Kier alpha value is -0.286. The van der Waals surface area contributed by atoms with E-state index in [0.717, 1.165) is 0 Å². The van der Waals surface area contributed by atoms with Crippen molar-refractivity contribution in [1.82, 2.24) is 0 Å². The maximum absolute atomic E-state index is 12.5. The van der Waals surface area contributed by atoms with Gasteiger partial charge in [0.25, 0.3) is 0 Å². The maximum Gasteiger partial charge on any atom is 1.00 e. The molecular formula is C34H58Na2O10Si2. The summed E-state index contributed by atoms with van der Waals surface area (Å²) in [6.45, 7) is 27.1. The third-order valence-electron chi connectivity index (χ3n) is 11.7. The van der Waals surface area contributed by atoms with Crippen LogP contribution in [0.1, 0.15) is 82.1 Å². The van der Waals surface area contributed by atoms with Crippen LogP contribution in [0.4, 0.5) is 0 Å². The van der Waals surface area contributed by atoms with Crippen LogP contribution >= 0.6 is 0 Å². The van der Waals surface area contributed by atoms with Gasteiger partial charge in [0.05, 0.1) is 43.2 Å². The minimum absolute atomic E-state index is 0. The molecule has 6 atom stereocenters. The van der Waals surface area contributed by atoms with Crippen molar-refractivity contribution in [1.29, 1.82) is 0 Å². The molecule has 0 unspecified atom stereocenters. The van der Waals surface area contributed by atoms with Gasteiger partial charge in [-0.3, -0.25) is 9.59 Å². The standard InChI is InChI=1S/2C17H30O5Si.2Na/c1-15(2,3)23(7,8)22-12-10-9-11-16(4,14(20)21-6)17(12,5)13(18)19;1-15(2,3)23(7,8)22-12-10-9-11-16(4,13(18)19)17(12,5)14(20)21-6;;/h2*9-10,12H,11H2,1-8H3,(H,18,19);;/q;;2*+1/p-2/t2*12-,16-,17+;;/m11../s1. The third-order valence-corrected chi connectivity index (χ3v) is 20.6. The second-order valence-corrected chi connectivity index (χ2v) is 26.0. The van der Waals surface area contributed by atoms with Crippen molar-refractivity contribution in [3.8, 4) is 0 Å². The first-order valence-electron chi connectivity index (χ1n) is 15.8. The van der Waals surface area contributed by atoms with Crippen LogP contribution in [-0.2, 0) is 37.5 Å². The van der Waals surface area contributed by atoms with E-state index in [4.69, 9.17) is 18.3 Å². The summed E-state index contributed by atoms with van der Waals surface area (Å²) in [6.07, 6.45) is 6.21. The van der Waals surface area contributed by atoms with Crippen molar-refractivity contribution < 1.29 is 107 Å². The molecule has 0 saturated heterocycles. The van der Waals surface area contributed by atoms with Gasteiger partial charge in [0.1, 0.15) is 5.41 Å². The number of rotatable bonds is 8. The van der Waals surface area contributed by atoms with Gasteiger partial charge in [-0.1, -0.05) is 79.7 Å². The topological polar surface area (TPSA) is 151 Å². The van der Waals surface area contributed by atoms with E-state index in [9.17, 15) is 29.4 Å². The molecule has 10 nitrogen and oxygen atoms in total. The number of carboxylic acids is 2. The fraction of sp³-hybridized carbons (Fsp3) is 0.765. The molecule has 48 heavy (non-hydrogen) atoms. The second kappa shape index (κ2) is 17.0. The molecule has 0 spiro atoms.